The maximum atomic E-state index is 11.8. The second kappa shape index (κ2) is 5.15. The quantitative estimate of drug-likeness (QED) is 0.860. The molecule has 1 aliphatic rings. The Hall–Kier alpha value is -1.61. The van der Waals surface area contributed by atoms with E-state index in [1.807, 2.05) is 25.2 Å². The topological polar surface area (TPSA) is 32.3 Å². The highest BCUT2D eigenvalue weighted by Crippen LogP contribution is 2.17. The van der Waals surface area contributed by atoms with Crippen LogP contribution in [0, 0.1) is 0 Å². The average Bonchev–Trinajstić information content (AvgIpc) is 2.30. The van der Waals surface area contributed by atoms with Gasteiger partial charge in [-0.3, -0.25) is 9.69 Å². The van der Waals surface area contributed by atoms with Gasteiger partial charge in [-0.15, -0.1) is 0 Å². The summed E-state index contributed by atoms with van der Waals surface area (Å²) in [5.74, 6) is 0.0691. The Morgan fingerprint density at radius 2 is 2.12 bits per heavy atom. The summed E-state index contributed by atoms with van der Waals surface area (Å²) in [4.78, 5) is 13.9. The van der Waals surface area contributed by atoms with E-state index >= 15 is 0 Å². The number of hydrogen-bond acceptors (Lipinski definition) is 2. The lowest BCUT2D eigenvalue weighted by molar-refractivity contribution is -0.126. The van der Waals surface area contributed by atoms with E-state index in [-0.39, 0.29) is 11.9 Å². The zero-order chi connectivity index (χ0) is 12.3. The molecule has 1 aliphatic heterocycles. The molecule has 1 atom stereocenters. The molecule has 1 aromatic rings. The van der Waals surface area contributed by atoms with Gasteiger partial charge < -0.3 is 5.32 Å². The number of allylic oxidation sites excluding steroid dienone is 1. The van der Waals surface area contributed by atoms with Gasteiger partial charge in [0.1, 0.15) is 0 Å². The molecule has 2 rings (SSSR count). The molecule has 0 aromatic heterocycles. The second-order valence-electron chi connectivity index (χ2n) is 4.55. The lowest BCUT2D eigenvalue weighted by Crippen LogP contribution is -2.47. The van der Waals surface area contributed by atoms with E-state index in [1.54, 1.807) is 0 Å². The Kier molecular flexibility index (Phi) is 3.59. The summed E-state index contributed by atoms with van der Waals surface area (Å²) in [7, 11) is 1.99. The summed E-state index contributed by atoms with van der Waals surface area (Å²) >= 11 is 0. The van der Waals surface area contributed by atoms with E-state index < -0.39 is 0 Å². The summed E-state index contributed by atoms with van der Waals surface area (Å²) in [5.41, 5.74) is 2.06. The van der Waals surface area contributed by atoms with E-state index in [0.29, 0.717) is 0 Å². The van der Waals surface area contributed by atoms with Crippen LogP contribution in [0.1, 0.15) is 18.4 Å². The van der Waals surface area contributed by atoms with Crippen LogP contribution in [0.25, 0.3) is 0 Å². The van der Waals surface area contributed by atoms with Crippen LogP contribution in [0.4, 0.5) is 0 Å². The van der Waals surface area contributed by atoms with E-state index in [4.69, 9.17) is 0 Å². The first-order valence-corrected chi connectivity index (χ1v) is 5.89. The number of piperidine rings is 1. The molecule has 1 fully saturated rings. The number of amides is 1. The highest BCUT2D eigenvalue weighted by Gasteiger charge is 2.27. The van der Waals surface area contributed by atoms with E-state index in [1.165, 1.54) is 5.56 Å². The van der Waals surface area contributed by atoms with Crippen molar-refractivity contribution in [2.45, 2.75) is 25.4 Å². The number of carbonyl (C=O) groups is 1. The van der Waals surface area contributed by atoms with Crippen molar-refractivity contribution in [3.8, 4) is 0 Å². The van der Waals surface area contributed by atoms with Crippen LogP contribution in [0.2, 0.25) is 0 Å². The Bertz CT molecular complexity index is 413. The monoisotopic (exact) mass is 230 g/mol. The molecule has 1 aromatic carbocycles. The average molecular weight is 230 g/mol. The number of nitrogens with zero attached hydrogens (tertiary/aromatic N) is 1. The Morgan fingerprint density at radius 1 is 1.41 bits per heavy atom. The fraction of sp³-hybridized carbons (Fsp3) is 0.357. The molecular formula is C14H18N2O. The van der Waals surface area contributed by atoms with E-state index in [9.17, 15) is 4.79 Å². The van der Waals surface area contributed by atoms with Gasteiger partial charge >= 0.3 is 0 Å². The van der Waals surface area contributed by atoms with Crippen molar-refractivity contribution in [3.05, 3.63) is 48.2 Å². The Labute approximate surface area is 102 Å². The fourth-order valence-electron chi connectivity index (χ4n) is 2.16. The molecule has 0 bridgehead atoms. The van der Waals surface area contributed by atoms with Crippen LogP contribution in [-0.4, -0.2) is 23.9 Å². The summed E-state index contributed by atoms with van der Waals surface area (Å²) in [6.45, 7) is 4.59. The fourth-order valence-corrected chi connectivity index (χ4v) is 2.16. The predicted octanol–water partition coefficient (Wildman–Crippen LogP) is 1.91. The summed E-state index contributed by atoms with van der Waals surface area (Å²) in [6.07, 6.45) is 1.73. The van der Waals surface area contributed by atoms with Gasteiger partial charge in [-0.2, -0.15) is 0 Å². The molecule has 90 valence electrons. The molecule has 3 nitrogen and oxygen atoms in total. The maximum Gasteiger partial charge on any atom is 0.241 e. The van der Waals surface area contributed by atoms with Crippen molar-refractivity contribution in [2.75, 3.05) is 7.05 Å². The van der Waals surface area contributed by atoms with Crippen molar-refractivity contribution in [1.82, 2.24) is 10.2 Å². The van der Waals surface area contributed by atoms with Crippen LogP contribution in [-0.2, 0) is 11.3 Å². The minimum absolute atomic E-state index is 0.0410. The van der Waals surface area contributed by atoms with Crippen molar-refractivity contribution < 1.29 is 4.79 Å². The third-order valence-corrected chi connectivity index (χ3v) is 3.13. The molecular weight excluding hydrogens is 212 g/mol. The number of rotatable bonds is 3. The Balaban J connectivity index is 1.98. The SMILES string of the molecule is C=C1CCC(N(C)Cc2ccccc2)C(=O)N1. The molecule has 0 aliphatic carbocycles. The number of hydrogen-bond donors (Lipinski definition) is 1. The molecule has 1 heterocycles. The summed E-state index contributed by atoms with van der Waals surface area (Å²) < 4.78 is 0. The van der Waals surface area contributed by atoms with Gasteiger partial charge in [-0.05, 0) is 25.5 Å². The zero-order valence-electron chi connectivity index (χ0n) is 10.1. The molecule has 1 unspecified atom stereocenters. The van der Waals surface area contributed by atoms with Crippen LogP contribution >= 0.6 is 0 Å². The van der Waals surface area contributed by atoms with Crippen molar-refractivity contribution in [2.24, 2.45) is 0 Å². The highest BCUT2D eigenvalue weighted by atomic mass is 16.2. The maximum absolute atomic E-state index is 11.8. The molecule has 0 radical (unpaired) electrons. The van der Waals surface area contributed by atoms with E-state index in [0.717, 1.165) is 25.1 Å². The first-order chi connectivity index (χ1) is 8.16. The smallest absolute Gasteiger partial charge is 0.241 e. The zero-order valence-corrected chi connectivity index (χ0v) is 10.1. The third kappa shape index (κ3) is 2.94. The van der Waals surface area contributed by atoms with Crippen LogP contribution < -0.4 is 5.32 Å². The molecule has 1 amide bonds. The highest BCUT2D eigenvalue weighted by molar-refractivity contribution is 5.84. The van der Waals surface area contributed by atoms with Crippen molar-refractivity contribution in [1.29, 1.82) is 0 Å². The van der Waals surface area contributed by atoms with Gasteiger partial charge in [0, 0.05) is 12.2 Å². The number of benzene rings is 1. The van der Waals surface area contributed by atoms with Gasteiger partial charge in [0.05, 0.1) is 6.04 Å². The van der Waals surface area contributed by atoms with E-state index in [2.05, 4.69) is 28.9 Å². The molecule has 1 saturated heterocycles. The van der Waals surface area contributed by atoms with Crippen LogP contribution in [0.15, 0.2) is 42.6 Å². The molecule has 0 spiro atoms. The van der Waals surface area contributed by atoms with Gasteiger partial charge in [0.2, 0.25) is 5.91 Å². The molecule has 17 heavy (non-hydrogen) atoms. The minimum atomic E-state index is -0.0410. The standard InChI is InChI=1S/C14H18N2O/c1-11-8-9-13(14(17)15-11)16(2)10-12-6-4-3-5-7-12/h3-7,13H,1,8-10H2,2H3,(H,15,17). The molecule has 0 saturated carbocycles. The molecule has 3 heteroatoms. The largest absolute Gasteiger partial charge is 0.329 e. The van der Waals surface area contributed by atoms with Gasteiger partial charge in [-0.1, -0.05) is 36.9 Å². The second-order valence-corrected chi connectivity index (χ2v) is 4.55. The van der Waals surface area contributed by atoms with Crippen LogP contribution in [0.5, 0.6) is 0 Å². The number of carbonyl (C=O) groups excluding carboxylic acids is 1. The lowest BCUT2D eigenvalue weighted by atomic mass is 10.0. The first kappa shape index (κ1) is 11.9. The van der Waals surface area contributed by atoms with Gasteiger partial charge in [0.15, 0.2) is 0 Å². The van der Waals surface area contributed by atoms with Gasteiger partial charge in [-0.25, -0.2) is 0 Å². The molecule has 1 N–H and O–H groups in total. The number of nitrogens with one attached hydrogen (secondary N) is 1. The van der Waals surface area contributed by atoms with Crippen molar-refractivity contribution in [3.63, 3.8) is 0 Å². The Morgan fingerprint density at radius 3 is 2.76 bits per heavy atom. The third-order valence-electron chi connectivity index (χ3n) is 3.13. The normalized spacial score (nSPS) is 20.5. The number of likely N-dealkylation sites (N-methyl/N-ethyl adjacent to an activating group) is 1. The summed E-state index contributed by atoms with van der Waals surface area (Å²) in [5, 5.41) is 2.82. The van der Waals surface area contributed by atoms with Gasteiger partial charge in [0.25, 0.3) is 0 Å². The first-order valence-electron chi connectivity index (χ1n) is 5.89. The van der Waals surface area contributed by atoms with Crippen LogP contribution in [0.3, 0.4) is 0 Å². The summed E-state index contributed by atoms with van der Waals surface area (Å²) in [6, 6.07) is 10.2. The lowest BCUT2D eigenvalue weighted by Gasteiger charge is -2.31. The predicted molar refractivity (Wildman–Crippen MR) is 68.2 cm³/mol. The minimum Gasteiger partial charge on any atom is -0.329 e. The van der Waals surface area contributed by atoms with Crippen molar-refractivity contribution >= 4 is 5.91 Å².